The van der Waals surface area contributed by atoms with Crippen molar-refractivity contribution in [3.63, 3.8) is 0 Å². The van der Waals surface area contributed by atoms with E-state index in [4.69, 9.17) is 4.52 Å². The third kappa shape index (κ3) is 2.77. The van der Waals surface area contributed by atoms with Crippen LogP contribution in [0.15, 0.2) is 10.6 Å². The molecule has 1 aromatic heterocycles. The van der Waals surface area contributed by atoms with Gasteiger partial charge in [0, 0.05) is 27.2 Å². The van der Waals surface area contributed by atoms with Gasteiger partial charge in [-0.2, -0.15) is 17.0 Å². The molecule has 0 aliphatic carbocycles. The van der Waals surface area contributed by atoms with E-state index in [-0.39, 0.29) is 6.54 Å². The van der Waals surface area contributed by atoms with Crippen molar-refractivity contribution < 1.29 is 12.9 Å². The molecule has 0 saturated carbocycles. The highest BCUT2D eigenvalue weighted by Crippen LogP contribution is 2.08. The molecule has 1 heterocycles. The summed E-state index contributed by atoms with van der Waals surface area (Å²) in [5, 5.41) is 3.73. The fraction of sp³-hybridized carbons (Fsp3) is 0.625. The Bertz CT molecular complexity index is 424. The van der Waals surface area contributed by atoms with Crippen molar-refractivity contribution in [2.24, 2.45) is 0 Å². The highest BCUT2D eigenvalue weighted by atomic mass is 32.2. The van der Waals surface area contributed by atoms with Crippen LogP contribution >= 0.6 is 0 Å². The summed E-state index contributed by atoms with van der Waals surface area (Å²) in [7, 11) is 1.09. The molecule has 0 amide bonds. The van der Waals surface area contributed by atoms with E-state index in [1.165, 1.54) is 25.4 Å². The van der Waals surface area contributed by atoms with Crippen LogP contribution < -0.4 is 0 Å². The van der Waals surface area contributed by atoms with Gasteiger partial charge in [0.2, 0.25) is 0 Å². The molecule has 0 aliphatic heterocycles. The third-order valence-electron chi connectivity index (χ3n) is 1.92. The Morgan fingerprint density at radius 2 is 2.00 bits per heavy atom. The first-order valence-corrected chi connectivity index (χ1v) is 5.79. The molecule has 1 aromatic rings. The highest BCUT2D eigenvalue weighted by molar-refractivity contribution is 7.86. The first-order valence-electron chi connectivity index (χ1n) is 4.40. The minimum Gasteiger partial charge on any atom is -0.361 e. The summed E-state index contributed by atoms with van der Waals surface area (Å²) >= 11 is 0. The van der Waals surface area contributed by atoms with E-state index in [2.05, 4.69) is 5.16 Å². The maximum atomic E-state index is 11.6. The first-order chi connectivity index (χ1) is 6.84. The van der Waals surface area contributed by atoms with E-state index in [1.54, 1.807) is 13.0 Å². The standard InChI is InChI=1S/C8H15N3O3S/c1-7-5-8(9-14-7)6-11(4)15(12,13)10(2)3/h5H,6H2,1-4H3. The zero-order valence-electron chi connectivity index (χ0n) is 9.26. The SMILES string of the molecule is Cc1cc(CN(C)S(=O)(=O)N(C)C)no1. The van der Waals surface area contributed by atoms with Gasteiger partial charge in [-0.1, -0.05) is 5.16 Å². The van der Waals surface area contributed by atoms with Crippen molar-refractivity contribution >= 4 is 10.2 Å². The number of rotatable bonds is 4. The van der Waals surface area contributed by atoms with Gasteiger partial charge >= 0.3 is 0 Å². The molecule has 7 heteroatoms. The van der Waals surface area contributed by atoms with E-state index >= 15 is 0 Å². The molecule has 0 bridgehead atoms. The lowest BCUT2D eigenvalue weighted by Crippen LogP contribution is -2.36. The molecule has 0 aliphatic rings. The van der Waals surface area contributed by atoms with Gasteiger partial charge in [0.15, 0.2) is 0 Å². The zero-order valence-corrected chi connectivity index (χ0v) is 10.1. The lowest BCUT2D eigenvalue weighted by Gasteiger charge is -2.19. The minimum absolute atomic E-state index is 0.206. The van der Waals surface area contributed by atoms with Crippen LogP contribution in [0.25, 0.3) is 0 Å². The lowest BCUT2D eigenvalue weighted by atomic mass is 10.4. The van der Waals surface area contributed by atoms with E-state index in [0.29, 0.717) is 11.5 Å². The Morgan fingerprint density at radius 3 is 2.40 bits per heavy atom. The number of aryl methyl sites for hydroxylation is 1. The predicted molar refractivity (Wildman–Crippen MR) is 55.3 cm³/mol. The first kappa shape index (κ1) is 12.2. The fourth-order valence-corrected chi connectivity index (χ4v) is 1.93. The van der Waals surface area contributed by atoms with Crippen LogP contribution in [0.3, 0.4) is 0 Å². The van der Waals surface area contributed by atoms with Crippen molar-refractivity contribution in [2.75, 3.05) is 21.1 Å². The number of hydrogen-bond donors (Lipinski definition) is 0. The van der Waals surface area contributed by atoms with Gasteiger partial charge in [-0.25, -0.2) is 0 Å². The molecule has 0 radical (unpaired) electrons. The summed E-state index contributed by atoms with van der Waals surface area (Å²) in [6, 6.07) is 1.71. The van der Waals surface area contributed by atoms with Gasteiger partial charge < -0.3 is 4.52 Å². The Labute approximate surface area is 89.6 Å². The topological polar surface area (TPSA) is 66.7 Å². The largest absolute Gasteiger partial charge is 0.361 e. The molecule has 0 saturated heterocycles. The van der Waals surface area contributed by atoms with Crippen molar-refractivity contribution in [3.05, 3.63) is 17.5 Å². The molecule has 0 N–H and O–H groups in total. The Kier molecular flexibility index (Phi) is 3.48. The maximum absolute atomic E-state index is 11.6. The van der Waals surface area contributed by atoms with E-state index in [1.807, 2.05) is 0 Å². The van der Waals surface area contributed by atoms with Crippen LogP contribution in [-0.4, -0.2) is 43.3 Å². The third-order valence-corrected chi connectivity index (χ3v) is 3.76. The second-order valence-electron chi connectivity index (χ2n) is 3.48. The van der Waals surface area contributed by atoms with Gasteiger partial charge in [0.1, 0.15) is 5.76 Å². The van der Waals surface area contributed by atoms with Crippen molar-refractivity contribution in [1.82, 2.24) is 13.8 Å². The van der Waals surface area contributed by atoms with Crippen molar-refractivity contribution in [1.29, 1.82) is 0 Å². The lowest BCUT2D eigenvalue weighted by molar-refractivity contribution is 0.370. The molecule has 6 nitrogen and oxygen atoms in total. The maximum Gasteiger partial charge on any atom is 0.281 e. The average Bonchev–Trinajstić information content (AvgIpc) is 2.50. The van der Waals surface area contributed by atoms with Crippen LogP contribution in [0.5, 0.6) is 0 Å². The van der Waals surface area contributed by atoms with Crippen LogP contribution in [0.4, 0.5) is 0 Å². The summed E-state index contributed by atoms with van der Waals surface area (Å²) in [6.45, 7) is 1.97. The van der Waals surface area contributed by atoms with E-state index < -0.39 is 10.2 Å². The summed E-state index contributed by atoms with van der Waals surface area (Å²) in [6.07, 6.45) is 0. The molecule has 0 aromatic carbocycles. The zero-order chi connectivity index (χ0) is 11.6. The molecule has 0 atom stereocenters. The monoisotopic (exact) mass is 233 g/mol. The van der Waals surface area contributed by atoms with E-state index in [9.17, 15) is 8.42 Å². The number of hydrogen-bond acceptors (Lipinski definition) is 4. The second kappa shape index (κ2) is 4.30. The molecular weight excluding hydrogens is 218 g/mol. The molecular formula is C8H15N3O3S. The summed E-state index contributed by atoms with van der Waals surface area (Å²) < 4.78 is 30.5. The smallest absolute Gasteiger partial charge is 0.281 e. The Hall–Kier alpha value is -0.920. The highest BCUT2D eigenvalue weighted by Gasteiger charge is 2.21. The molecule has 15 heavy (non-hydrogen) atoms. The van der Waals surface area contributed by atoms with Crippen LogP contribution in [0.1, 0.15) is 11.5 Å². The van der Waals surface area contributed by atoms with Crippen molar-refractivity contribution in [3.8, 4) is 0 Å². The van der Waals surface area contributed by atoms with Gasteiger partial charge in [-0.3, -0.25) is 0 Å². The summed E-state index contributed by atoms with van der Waals surface area (Å²) in [4.78, 5) is 0. The minimum atomic E-state index is -3.38. The van der Waals surface area contributed by atoms with Gasteiger partial charge in [0.05, 0.1) is 12.2 Å². The molecule has 0 unspecified atom stereocenters. The molecule has 0 fully saturated rings. The van der Waals surface area contributed by atoms with Crippen molar-refractivity contribution in [2.45, 2.75) is 13.5 Å². The normalized spacial score (nSPS) is 12.7. The molecule has 1 rings (SSSR count). The van der Waals surface area contributed by atoms with Gasteiger partial charge in [-0.15, -0.1) is 0 Å². The Morgan fingerprint density at radius 1 is 1.40 bits per heavy atom. The summed E-state index contributed by atoms with van der Waals surface area (Å²) in [5.74, 6) is 0.667. The number of nitrogens with zero attached hydrogens (tertiary/aromatic N) is 3. The fourth-order valence-electron chi connectivity index (χ4n) is 1.08. The van der Waals surface area contributed by atoms with Crippen LogP contribution in [0, 0.1) is 6.92 Å². The van der Waals surface area contributed by atoms with Gasteiger partial charge in [0.25, 0.3) is 10.2 Å². The van der Waals surface area contributed by atoms with Crippen LogP contribution in [-0.2, 0) is 16.8 Å². The average molecular weight is 233 g/mol. The quantitative estimate of drug-likeness (QED) is 0.746. The molecule has 0 spiro atoms. The molecule has 86 valence electrons. The summed E-state index contributed by atoms with van der Waals surface area (Å²) in [5.41, 5.74) is 0.598. The van der Waals surface area contributed by atoms with E-state index in [0.717, 1.165) is 4.31 Å². The van der Waals surface area contributed by atoms with Crippen LogP contribution in [0.2, 0.25) is 0 Å². The van der Waals surface area contributed by atoms with Gasteiger partial charge in [-0.05, 0) is 6.92 Å². The Balaban J connectivity index is 2.76. The second-order valence-corrected chi connectivity index (χ2v) is 5.72. The number of aromatic nitrogens is 1. The predicted octanol–water partition coefficient (Wildman–Crippen LogP) is 0.221.